The lowest BCUT2D eigenvalue weighted by molar-refractivity contribution is 0.103. The molecule has 6 nitrogen and oxygen atoms in total. The van der Waals surface area contributed by atoms with Crippen LogP contribution in [0.1, 0.15) is 15.4 Å². The lowest BCUT2D eigenvalue weighted by Crippen LogP contribution is -2.36. The normalized spacial score (nSPS) is 14.4. The standard InChI is InChI=1S/C18H17ClN4O2S2/c1-11-16(27-18(21-11)13-3-4-14(19)26-13)17(24)22-12-2-5-15(20-10-12)23-6-8-25-9-7-23/h2-5,10H,6-9H2,1H3,(H,22,24). The van der Waals surface area contributed by atoms with Gasteiger partial charge in [-0.3, -0.25) is 4.79 Å². The van der Waals surface area contributed by atoms with Crippen LogP contribution in [0.3, 0.4) is 0 Å². The Labute approximate surface area is 169 Å². The number of aryl methyl sites for hydroxylation is 1. The summed E-state index contributed by atoms with van der Waals surface area (Å²) in [7, 11) is 0. The Morgan fingerprint density at radius 1 is 1.22 bits per heavy atom. The molecule has 4 heterocycles. The van der Waals surface area contributed by atoms with Crippen molar-refractivity contribution < 1.29 is 9.53 Å². The second-order valence-electron chi connectivity index (χ2n) is 6.00. The molecule has 0 bridgehead atoms. The number of amides is 1. The SMILES string of the molecule is Cc1nc(-c2ccc(Cl)s2)sc1C(=O)Nc1ccc(N2CCOCC2)nc1. The summed E-state index contributed by atoms with van der Waals surface area (Å²) < 4.78 is 6.06. The van der Waals surface area contributed by atoms with Gasteiger partial charge in [-0.25, -0.2) is 9.97 Å². The molecule has 1 amide bonds. The summed E-state index contributed by atoms with van der Waals surface area (Å²) in [5, 5.41) is 3.70. The largest absolute Gasteiger partial charge is 0.378 e. The highest BCUT2D eigenvalue weighted by atomic mass is 35.5. The number of morpholine rings is 1. The number of ether oxygens (including phenoxy) is 1. The van der Waals surface area contributed by atoms with Crippen LogP contribution in [-0.4, -0.2) is 42.2 Å². The van der Waals surface area contributed by atoms with E-state index in [-0.39, 0.29) is 5.91 Å². The van der Waals surface area contributed by atoms with E-state index >= 15 is 0 Å². The zero-order valence-corrected chi connectivity index (χ0v) is 17.0. The van der Waals surface area contributed by atoms with E-state index in [1.54, 1.807) is 6.20 Å². The maximum absolute atomic E-state index is 12.7. The van der Waals surface area contributed by atoms with Crippen LogP contribution in [-0.2, 0) is 4.74 Å². The van der Waals surface area contributed by atoms with Crippen LogP contribution in [0.4, 0.5) is 11.5 Å². The van der Waals surface area contributed by atoms with Crippen LogP contribution in [0, 0.1) is 6.92 Å². The van der Waals surface area contributed by atoms with Gasteiger partial charge in [0.05, 0.1) is 40.0 Å². The quantitative estimate of drug-likeness (QED) is 0.680. The van der Waals surface area contributed by atoms with Crippen molar-refractivity contribution in [3.05, 3.63) is 45.4 Å². The van der Waals surface area contributed by atoms with Gasteiger partial charge in [-0.05, 0) is 31.2 Å². The summed E-state index contributed by atoms with van der Waals surface area (Å²) in [6.07, 6.45) is 1.68. The Morgan fingerprint density at radius 3 is 2.70 bits per heavy atom. The van der Waals surface area contributed by atoms with Gasteiger partial charge in [0, 0.05) is 13.1 Å². The molecule has 27 heavy (non-hydrogen) atoms. The topological polar surface area (TPSA) is 67.4 Å². The first-order valence-corrected chi connectivity index (χ1v) is 10.4. The molecule has 0 radical (unpaired) electrons. The minimum absolute atomic E-state index is 0.181. The smallest absolute Gasteiger partial charge is 0.267 e. The van der Waals surface area contributed by atoms with E-state index in [1.807, 2.05) is 31.2 Å². The van der Waals surface area contributed by atoms with Gasteiger partial charge >= 0.3 is 0 Å². The van der Waals surface area contributed by atoms with Gasteiger partial charge in [0.1, 0.15) is 15.7 Å². The number of hydrogen-bond acceptors (Lipinski definition) is 7. The number of pyridine rings is 1. The molecule has 9 heteroatoms. The molecule has 0 aliphatic carbocycles. The molecule has 0 atom stereocenters. The summed E-state index contributed by atoms with van der Waals surface area (Å²) in [6.45, 7) is 4.91. The number of nitrogens with zero attached hydrogens (tertiary/aromatic N) is 3. The van der Waals surface area contributed by atoms with Gasteiger partial charge in [0.25, 0.3) is 5.91 Å². The van der Waals surface area contributed by atoms with E-state index in [4.69, 9.17) is 16.3 Å². The number of carbonyl (C=O) groups excluding carboxylic acids is 1. The molecule has 1 aliphatic rings. The Balaban J connectivity index is 1.46. The van der Waals surface area contributed by atoms with Crippen molar-refractivity contribution in [2.24, 2.45) is 0 Å². The molecule has 3 aromatic rings. The number of aromatic nitrogens is 2. The van der Waals surface area contributed by atoms with E-state index in [1.165, 1.54) is 22.7 Å². The van der Waals surface area contributed by atoms with Crippen molar-refractivity contribution in [1.82, 2.24) is 9.97 Å². The average Bonchev–Trinajstić information content (AvgIpc) is 3.29. The molecule has 140 valence electrons. The second kappa shape index (κ2) is 7.93. The van der Waals surface area contributed by atoms with Gasteiger partial charge < -0.3 is 15.0 Å². The zero-order chi connectivity index (χ0) is 18.8. The maximum Gasteiger partial charge on any atom is 0.267 e. The summed E-state index contributed by atoms with van der Waals surface area (Å²) in [5.74, 6) is 0.710. The Hall–Kier alpha value is -2.00. The number of thiazole rings is 1. The number of nitrogens with one attached hydrogen (secondary N) is 1. The summed E-state index contributed by atoms with van der Waals surface area (Å²) in [5.41, 5.74) is 1.36. The fourth-order valence-corrected chi connectivity index (χ4v) is 4.83. The fraction of sp³-hybridized carbons (Fsp3) is 0.278. The first-order chi connectivity index (χ1) is 13.1. The molecular formula is C18H17ClN4O2S2. The van der Waals surface area contributed by atoms with Crippen LogP contribution >= 0.6 is 34.3 Å². The van der Waals surface area contributed by atoms with Gasteiger partial charge in [-0.1, -0.05) is 11.6 Å². The first-order valence-electron chi connectivity index (χ1n) is 8.43. The third kappa shape index (κ3) is 4.14. The Morgan fingerprint density at radius 2 is 2.04 bits per heavy atom. The van der Waals surface area contributed by atoms with Crippen LogP contribution < -0.4 is 10.2 Å². The molecule has 3 aromatic heterocycles. The number of carbonyl (C=O) groups is 1. The molecule has 1 saturated heterocycles. The number of rotatable bonds is 4. The average molecular weight is 421 g/mol. The van der Waals surface area contributed by atoms with E-state index in [0.29, 0.717) is 33.8 Å². The van der Waals surface area contributed by atoms with Crippen molar-refractivity contribution >= 4 is 51.7 Å². The molecular weight excluding hydrogens is 404 g/mol. The molecule has 0 saturated carbocycles. The summed E-state index contributed by atoms with van der Waals surface area (Å²) >= 11 is 8.81. The van der Waals surface area contributed by atoms with Crippen LogP contribution in [0.15, 0.2) is 30.5 Å². The lowest BCUT2D eigenvalue weighted by atomic mass is 10.3. The minimum Gasteiger partial charge on any atom is -0.378 e. The number of halogens is 1. The van der Waals surface area contributed by atoms with E-state index in [0.717, 1.165) is 28.8 Å². The maximum atomic E-state index is 12.7. The van der Waals surface area contributed by atoms with E-state index in [9.17, 15) is 4.79 Å². The van der Waals surface area contributed by atoms with Crippen molar-refractivity contribution in [2.45, 2.75) is 6.92 Å². The highest BCUT2D eigenvalue weighted by molar-refractivity contribution is 7.24. The first kappa shape index (κ1) is 18.4. The van der Waals surface area contributed by atoms with Gasteiger partial charge in [-0.15, -0.1) is 22.7 Å². The Kier molecular flexibility index (Phi) is 5.40. The zero-order valence-electron chi connectivity index (χ0n) is 14.6. The molecule has 1 fully saturated rings. The Bertz CT molecular complexity index is 949. The van der Waals surface area contributed by atoms with E-state index < -0.39 is 0 Å². The van der Waals surface area contributed by atoms with Gasteiger partial charge in [0.2, 0.25) is 0 Å². The van der Waals surface area contributed by atoms with Crippen molar-refractivity contribution in [3.8, 4) is 9.88 Å². The predicted octanol–water partition coefficient (Wildman–Crippen LogP) is 4.32. The van der Waals surface area contributed by atoms with Crippen molar-refractivity contribution in [2.75, 3.05) is 36.5 Å². The monoisotopic (exact) mass is 420 g/mol. The second-order valence-corrected chi connectivity index (χ2v) is 8.71. The van der Waals surface area contributed by atoms with Crippen LogP contribution in [0.5, 0.6) is 0 Å². The molecule has 4 rings (SSSR count). The van der Waals surface area contributed by atoms with Crippen molar-refractivity contribution in [1.29, 1.82) is 0 Å². The minimum atomic E-state index is -0.181. The van der Waals surface area contributed by atoms with Gasteiger partial charge in [0.15, 0.2) is 0 Å². The molecule has 0 unspecified atom stereocenters. The van der Waals surface area contributed by atoms with Crippen molar-refractivity contribution in [3.63, 3.8) is 0 Å². The van der Waals surface area contributed by atoms with Crippen LogP contribution in [0.25, 0.3) is 9.88 Å². The van der Waals surface area contributed by atoms with E-state index in [2.05, 4.69) is 20.2 Å². The summed E-state index contributed by atoms with van der Waals surface area (Å²) in [6, 6.07) is 7.53. The molecule has 1 aliphatic heterocycles. The highest BCUT2D eigenvalue weighted by Crippen LogP contribution is 2.35. The number of thiophene rings is 1. The lowest BCUT2D eigenvalue weighted by Gasteiger charge is -2.27. The molecule has 0 aromatic carbocycles. The third-order valence-corrected chi connectivity index (χ3v) is 6.68. The third-order valence-electron chi connectivity index (χ3n) is 4.13. The molecule has 1 N–H and O–H groups in total. The predicted molar refractivity (Wildman–Crippen MR) is 110 cm³/mol. The summed E-state index contributed by atoms with van der Waals surface area (Å²) in [4.78, 5) is 25.3. The number of hydrogen-bond donors (Lipinski definition) is 1. The highest BCUT2D eigenvalue weighted by Gasteiger charge is 2.18. The fourth-order valence-electron chi connectivity index (χ4n) is 2.77. The van der Waals surface area contributed by atoms with Crippen LogP contribution in [0.2, 0.25) is 4.34 Å². The van der Waals surface area contributed by atoms with Gasteiger partial charge in [-0.2, -0.15) is 0 Å². The number of anilines is 2. The molecule has 0 spiro atoms.